The van der Waals surface area contributed by atoms with Crippen LogP contribution in [0.4, 0.5) is 0 Å². The Morgan fingerprint density at radius 3 is 2.57 bits per heavy atom. The van der Waals surface area contributed by atoms with Crippen molar-refractivity contribution < 1.29 is 17.9 Å². The number of hydrogen-bond acceptors (Lipinski definition) is 4. The Morgan fingerprint density at radius 2 is 2.05 bits per heavy atom. The zero-order valence-corrected chi connectivity index (χ0v) is 13.4. The quantitative estimate of drug-likeness (QED) is 0.797. The first-order valence-corrected chi connectivity index (χ1v) is 8.38. The van der Waals surface area contributed by atoms with E-state index in [0.29, 0.717) is 19.1 Å². The van der Waals surface area contributed by atoms with Crippen LogP contribution in [0.3, 0.4) is 0 Å². The molecule has 3 N–H and O–H groups in total. The Morgan fingerprint density at radius 1 is 1.38 bits per heavy atom. The van der Waals surface area contributed by atoms with E-state index < -0.39 is 10.0 Å². The van der Waals surface area contributed by atoms with Crippen LogP contribution in [0.1, 0.15) is 37.6 Å². The number of ether oxygens (including phenoxy) is 1. The van der Waals surface area contributed by atoms with Gasteiger partial charge in [0.1, 0.15) is 10.6 Å². The summed E-state index contributed by atoms with van der Waals surface area (Å²) in [4.78, 5) is 11.8. The summed E-state index contributed by atoms with van der Waals surface area (Å²) in [6, 6.07) is 4.20. The molecule has 1 amide bonds. The third-order valence-corrected chi connectivity index (χ3v) is 3.75. The van der Waals surface area contributed by atoms with Crippen LogP contribution in [0, 0.1) is 5.92 Å². The summed E-state index contributed by atoms with van der Waals surface area (Å²) in [7, 11) is -3.95. The molecule has 6 nitrogen and oxygen atoms in total. The molecule has 0 fully saturated rings. The minimum atomic E-state index is -3.95. The van der Waals surface area contributed by atoms with Crippen LogP contribution in [0.25, 0.3) is 0 Å². The summed E-state index contributed by atoms with van der Waals surface area (Å²) in [5, 5.41) is 7.90. The lowest BCUT2D eigenvalue weighted by atomic mass is 10.1. The van der Waals surface area contributed by atoms with E-state index in [4.69, 9.17) is 9.88 Å². The standard InChI is InChI=1S/C14H22N2O4S/c1-4-20-12-6-5-11(9-13(12)21(15,18)19)14(17)16-8-7-10(2)3/h5-6,9-10H,4,7-8H2,1-3H3,(H,16,17)(H2,15,18,19). The minimum Gasteiger partial charge on any atom is -0.492 e. The molecule has 21 heavy (non-hydrogen) atoms. The van der Waals surface area contributed by atoms with Crippen molar-refractivity contribution in [3.05, 3.63) is 23.8 Å². The smallest absolute Gasteiger partial charge is 0.251 e. The van der Waals surface area contributed by atoms with Crippen LogP contribution in [0.2, 0.25) is 0 Å². The summed E-state index contributed by atoms with van der Waals surface area (Å²) in [6.45, 7) is 6.70. The molecule has 0 aliphatic heterocycles. The van der Waals surface area contributed by atoms with E-state index in [1.165, 1.54) is 18.2 Å². The first-order chi connectivity index (χ1) is 9.75. The highest BCUT2D eigenvalue weighted by atomic mass is 32.2. The number of benzene rings is 1. The zero-order valence-electron chi connectivity index (χ0n) is 12.5. The molecule has 0 aliphatic rings. The van der Waals surface area contributed by atoms with Crippen LogP contribution in [-0.4, -0.2) is 27.5 Å². The van der Waals surface area contributed by atoms with Crippen molar-refractivity contribution in [1.29, 1.82) is 0 Å². The largest absolute Gasteiger partial charge is 0.492 e. The van der Waals surface area contributed by atoms with Crippen LogP contribution in [-0.2, 0) is 10.0 Å². The van der Waals surface area contributed by atoms with Gasteiger partial charge in [-0.05, 0) is 37.5 Å². The second-order valence-electron chi connectivity index (χ2n) is 5.08. The van der Waals surface area contributed by atoms with Crippen molar-refractivity contribution in [3.63, 3.8) is 0 Å². The Bertz CT molecular complexity index is 597. The van der Waals surface area contributed by atoms with Crippen LogP contribution in [0.15, 0.2) is 23.1 Å². The molecule has 1 aromatic carbocycles. The number of hydrogen-bond donors (Lipinski definition) is 2. The van der Waals surface area contributed by atoms with E-state index in [0.717, 1.165) is 6.42 Å². The van der Waals surface area contributed by atoms with Gasteiger partial charge in [-0.15, -0.1) is 0 Å². The van der Waals surface area contributed by atoms with Crippen molar-refractivity contribution in [2.45, 2.75) is 32.1 Å². The van der Waals surface area contributed by atoms with Crippen molar-refractivity contribution in [2.24, 2.45) is 11.1 Å². The molecule has 1 aromatic rings. The van der Waals surface area contributed by atoms with Crippen molar-refractivity contribution >= 4 is 15.9 Å². The second-order valence-corrected chi connectivity index (χ2v) is 6.61. The monoisotopic (exact) mass is 314 g/mol. The Labute approximate surface area is 125 Å². The maximum atomic E-state index is 12.0. The van der Waals surface area contributed by atoms with Gasteiger partial charge in [-0.25, -0.2) is 13.6 Å². The normalized spacial score (nSPS) is 11.5. The molecule has 0 bridgehead atoms. The molecule has 0 unspecified atom stereocenters. The van der Waals surface area contributed by atoms with Gasteiger partial charge in [0.2, 0.25) is 10.0 Å². The highest BCUT2D eigenvalue weighted by molar-refractivity contribution is 7.89. The Kier molecular flexibility index (Phi) is 6.17. The van der Waals surface area contributed by atoms with Crippen LogP contribution >= 0.6 is 0 Å². The minimum absolute atomic E-state index is 0.152. The topological polar surface area (TPSA) is 98.5 Å². The van der Waals surface area contributed by atoms with Gasteiger partial charge in [-0.1, -0.05) is 13.8 Å². The molecule has 0 heterocycles. The Balaban J connectivity index is 2.97. The van der Waals surface area contributed by atoms with E-state index >= 15 is 0 Å². The second kappa shape index (κ2) is 7.42. The lowest BCUT2D eigenvalue weighted by Gasteiger charge is -2.11. The summed E-state index contributed by atoms with van der Waals surface area (Å²) in [6.07, 6.45) is 0.852. The fourth-order valence-corrected chi connectivity index (χ4v) is 2.42. The van der Waals surface area contributed by atoms with E-state index in [-0.39, 0.29) is 22.1 Å². The molecule has 0 saturated heterocycles. The molecular weight excluding hydrogens is 292 g/mol. The van der Waals surface area contributed by atoms with Crippen molar-refractivity contribution in [1.82, 2.24) is 5.32 Å². The summed E-state index contributed by atoms with van der Waals surface area (Å²) in [5.41, 5.74) is 0.242. The third-order valence-electron chi connectivity index (χ3n) is 2.82. The molecule has 1 rings (SSSR count). The van der Waals surface area contributed by atoms with Gasteiger partial charge in [0.25, 0.3) is 5.91 Å². The average molecular weight is 314 g/mol. The fourth-order valence-electron chi connectivity index (χ4n) is 1.72. The number of primary sulfonamides is 1. The maximum Gasteiger partial charge on any atom is 0.251 e. The van der Waals surface area contributed by atoms with Crippen LogP contribution in [0.5, 0.6) is 5.75 Å². The van der Waals surface area contributed by atoms with Crippen molar-refractivity contribution in [3.8, 4) is 5.75 Å². The molecule has 0 spiro atoms. The fraction of sp³-hybridized carbons (Fsp3) is 0.500. The van der Waals surface area contributed by atoms with E-state index in [2.05, 4.69) is 19.2 Å². The number of carbonyl (C=O) groups excluding carboxylic acids is 1. The molecule has 7 heteroatoms. The molecule has 0 atom stereocenters. The van der Waals surface area contributed by atoms with E-state index in [1.54, 1.807) is 6.92 Å². The highest BCUT2D eigenvalue weighted by Gasteiger charge is 2.18. The van der Waals surface area contributed by atoms with Gasteiger partial charge < -0.3 is 10.1 Å². The van der Waals surface area contributed by atoms with Crippen LogP contribution < -0.4 is 15.2 Å². The number of amides is 1. The van der Waals surface area contributed by atoms with Gasteiger partial charge >= 0.3 is 0 Å². The SMILES string of the molecule is CCOc1ccc(C(=O)NCCC(C)C)cc1S(N)(=O)=O. The number of nitrogens with one attached hydrogen (secondary N) is 1. The molecule has 0 saturated carbocycles. The third kappa shape index (κ3) is 5.35. The molecular formula is C14H22N2O4S. The highest BCUT2D eigenvalue weighted by Crippen LogP contribution is 2.24. The van der Waals surface area contributed by atoms with E-state index in [1.807, 2.05) is 0 Å². The molecule has 118 valence electrons. The van der Waals surface area contributed by atoms with E-state index in [9.17, 15) is 13.2 Å². The summed E-state index contributed by atoms with van der Waals surface area (Å²) in [5.74, 6) is 0.299. The maximum absolute atomic E-state index is 12.0. The first-order valence-electron chi connectivity index (χ1n) is 6.83. The summed E-state index contributed by atoms with van der Waals surface area (Å²) < 4.78 is 28.4. The number of sulfonamides is 1. The lowest BCUT2D eigenvalue weighted by molar-refractivity contribution is 0.0951. The van der Waals surface area contributed by atoms with Gasteiger partial charge in [0.15, 0.2) is 0 Å². The predicted molar refractivity (Wildman–Crippen MR) is 80.8 cm³/mol. The molecule has 0 aliphatic carbocycles. The molecule has 0 radical (unpaired) electrons. The van der Waals surface area contributed by atoms with Gasteiger partial charge in [-0.3, -0.25) is 4.79 Å². The number of nitrogens with two attached hydrogens (primary N) is 1. The zero-order chi connectivity index (χ0) is 16.0. The number of rotatable bonds is 7. The average Bonchev–Trinajstić information content (AvgIpc) is 2.37. The molecule has 0 aromatic heterocycles. The van der Waals surface area contributed by atoms with Gasteiger partial charge in [0, 0.05) is 12.1 Å². The number of carbonyl (C=O) groups is 1. The van der Waals surface area contributed by atoms with Gasteiger partial charge in [-0.2, -0.15) is 0 Å². The first kappa shape index (κ1) is 17.5. The summed E-state index contributed by atoms with van der Waals surface area (Å²) >= 11 is 0. The predicted octanol–water partition coefficient (Wildman–Crippen LogP) is 1.51. The lowest BCUT2D eigenvalue weighted by Crippen LogP contribution is -2.26. The Hall–Kier alpha value is -1.60. The van der Waals surface area contributed by atoms with Crippen molar-refractivity contribution in [2.75, 3.05) is 13.2 Å². The van der Waals surface area contributed by atoms with Gasteiger partial charge in [0.05, 0.1) is 6.61 Å².